The number of nitrogens with zero attached hydrogens (tertiary/aromatic N) is 3. The first-order chi connectivity index (χ1) is 9.91. The number of anilines is 1. The van der Waals surface area contributed by atoms with Crippen LogP contribution in [-0.4, -0.2) is 29.1 Å². The van der Waals surface area contributed by atoms with Gasteiger partial charge in [0.25, 0.3) is 0 Å². The second kappa shape index (κ2) is 6.33. The first kappa shape index (κ1) is 15.6. The number of rotatable bonds is 2. The van der Waals surface area contributed by atoms with Gasteiger partial charge < -0.3 is 15.8 Å². The molecular formula is C16H26N4O. The number of pyridine rings is 1. The molecule has 0 spiro atoms. The summed E-state index contributed by atoms with van der Waals surface area (Å²) >= 11 is 0. The lowest BCUT2D eigenvalue weighted by atomic mass is 9.77. The van der Waals surface area contributed by atoms with Crippen molar-refractivity contribution in [3.63, 3.8) is 0 Å². The lowest BCUT2D eigenvalue weighted by Gasteiger charge is -2.30. The van der Waals surface area contributed by atoms with Gasteiger partial charge in [-0.2, -0.15) is 0 Å². The third-order valence-corrected chi connectivity index (χ3v) is 4.44. The van der Waals surface area contributed by atoms with Crippen molar-refractivity contribution in [1.82, 2.24) is 4.98 Å². The Kier molecular flexibility index (Phi) is 4.70. The second-order valence-corrected chi connectivity index (χ2v) is 6.87. The Hall–Kier alpha value is -1.78. The highest BCUT2D eigenvalue weighted by Gasteiger charge is 2.27. The van der Waals surface area contributed by atoms with Gasteiger partial charge in [0, 0.05) is 13.1 Å². The Balaban J connectivity index is 2.06. The fourth-order valence-electron chi connectivity index (χ4n) is 3.00. The molecule has 1 aromatic rings. The van der Waals surface area contributed by atoms with E-state index in [4.69, 9.17) is 10.9 Å². The van der Waals surface area contributed by atoms with Crippen molar-refractivity contribution in [2.75, 3.05) is 18.0 Å². The van der Waals surface area contributed by atoms with Crippen LogP contribution >= 0.6 is 0 Å². The number of oxime groups is 1. The standard InChI is InChI=1S/C16H26N4O/c1-16(2,3)12-5-4-9-20(10-8-12)13-6-7-14(18-11-13)15(17)19-21/h6-7,11-12,21H,4-5,8-10H2,1-3H3,(H2,17,19). The van der Waals surface area contributed by atoms with Crippen LogP contribution in [0.2, 0.25) is 0 Å². The molecule has 21 heavy (non-hydrogen) atoms. The van der Waals surface area contributed by atoms with Crippen LogP contribution in [0.1, 0.15) is 45.7 Å². The van der Waals surface area contributed by atoms with Gasteiger partial charge in [-0.1, -0.05) is 25.9 Å². The van der Waals surface area contributed by atoms with Gasteiger partial charge in [0.1, 0.15) is 5.69 Å². The van der Waals surface area contributed by atoms with Crippen molar-refractivity contribution in [2.24, 2.45) is 22.2 Å². The first-order valence-electron chi connectivity index (χ1n) is 7.60. The van der Waals surface area contributed by atoms with Crippen molar-refractivity contribution >= 4 is 11.5 Å². The molecule has 2 rings (SSSR count). The average molecular weight is 290 g/mol. The molecule has 2 heterocycles. The third-order valence-electron chi connectivity index (χ3n) is 4.44. The number of amidine groups is 1. The van der Waals surface area contributed by atoms with Crippen molar-refractivity contribution < 1.29 is 5.21 Å². The fourth-order valence-corrected chi connectivity index (χ4v) is 3.00. The Morgan fingerprint density at radius 3 is 2.67 bits per heavy atom. The summed E-state index contributed by atoms with van der Waals surface area (Å²) < 4.78 is 0. The van der Waals surface area contributed by atoms with E-state index in [1.807, 2.05) is 12.3 Å². The van der Waals surface area contributed by atoms with Crippen LogP contribution < -0.4 is 10.6 Å². The fraction of sp³-hybridized carbons (Fsp3) is 0.625. The summed E-state index contributed by atoms with van der Waals surface area (Å²) in [5.74, 6) is 0.817. The molecule has 1 aromatic heterocycles. The minimum absolute atomic E-state index is 0.0465. The number of nitrogens with two attached hydrogens (primary N) is 1. The highest BCUT2D eigenvalue weighted by molar-refractivity contribution is 5.95. The molecule has 1 unspecified atom stereocenters. The minimum Gasteiger partial charge on any atom is -0.409 e. The highest BCUT2D eigenvalue weighted by atomic mass is 16.4. The molecule has 0 radical (unpaired) electrons. The molecule has 3 N–H and O–H groups in total. The van der Waals surface area contributed by atoms with Gasteiger partial charge in [-0.15, -0.1) is 0 Å². The molecule has 1 atom stereocenters. The molecular weight excluding hydrogens is 264 g/mol. The lowest BCUT2D eigenvalue weighted by molar-refractivity contribution is 0.220. The Morgan fingerprint density at radius 2 is 2.10 bits per heavy atom. The van der Waals surface area contributed by atoms with E-state index in [1.54, 1.807) is 6.07 Å². The quantitative estimate of drug-likeness (QED) is 0.380. The van der Waals surface area contributed by atoms with Gasteiger partial charge in [-0.05, 0) is 42.7 Å². The summed E-state index contributed by atoms with van der Waals surface area (Å²) in [4.78, 5) is 6.65. The summed E-state index contributed by atoms with van der Waals surface area (Å²) in [6, 6.07) is 3.80. The zero-order chi connectivity index (χ0) is 15.5. The van der Waals surface area contributed by atoms with Gasteiger partial charge in [0.05, 0.1) is 11.9 Å². The molecule has 5 nitrogen and oxygen atoms in total. The van der Waals surface area contributed by atoms with E-state index in [9.17, 15) is 0 Å². The zero-order valence-electron chi connectivity index (χ0n) is 13.2. The Bertz CT molecular complexity index is 490. The predicted octanol–water partition coefficient (Wildman–Crippen LogP) is 2.83. The summed E-state index contributed by atoms with van der Waals surface area (Å²) in [5, 5.41) is 11.6. The van der Waals surface area contributed by atoms with E-state index in [0.717, 1.165) is 24.7 Å². The number of aromatic nitrogens is 1. The molecule has 0 amide bonds. The molecule has 1 saturated heterocycles. The van der Waals surface area contributed by atoms with Crippen LogP contribution in [0.15, 0.2) is 23.5 Å². The van der Waals surface area contributed by atoms with Gasteiger partial charge in [0.15, 0.2) is 5.84 Å². The van der Waals surface area contributed by atoms with Crippen LogP contribution in [0.4, 0.5) is 5.69 Å². The molecule has 0 bridgehead atoms. The summed E-state index contributed by atoms with van der Waals surface area (Å²) in [6.45, 7) is 9.13. The second-order valence-electron chi connectivity index (χ2n) is 6.87. The lowest BCUT2D eigenvalue weighted by Crippen LogP contribution is -2.26. The highest BCUT2D eigenvalue weighted by Crippen LogP contribution is 2.35. The Labute approximate surface area is 126 Å². The van der Waals surface area contributed by atoms with Gasteiger partial charge >= 0.3 is 0 Å². The van der Waals surface area contributed by atoms with Crippen molar-refractivity contribution in [3.05, 3.63) is 24.0 Å². The Morgan fingerprint density at radius 1 is 1.33 bits per heavy atom. The minimum atomic E-state index is 0.0465. The van der Waals surface area contributed by atoms with Crippen LogP contribution in [-0.2, 0) is 0 Å². The number of hydrogen-bond donors (Lipinski definition) is 2. The number of hydrogen-bond acceptors (Lipinski definition) is 4. The predicted molar refractivity (Wildman–Crippen MR) is 85.8 cm³/mol. The van der Waals surface area contributed by atoms with Crippen LogP contribution in [0.3, 0.4) is 0 Å². The normalized spacial score (nSPS) is 21.2. The van der Waals surface area contributed by atoms with E-state index < -0.39 is 0 Å². The van der Waals surface area contributed by atoms with Gasteiger partial charge in [-0.25, -0.2) is 0 Å². The smallest absolute Gasteiger partial charge is 0.188 e. The molecule has 116 valence electrons. The van der Waals surface area contributed by atoms with E-state index in [2.05, 4.69) is 35.8 Å². The van der Waals surface area contributed by atoms with Crippen LogP contribution in [0.25, 0.3) is 0 Å². The maximum absolute atomic E-state index is 8.66. The summed E-state index contributed by atoms with van der Waals surface area (Å²) in [7, 11) is 0. The van der Waals surface area contributed by atoms with E-state index in [-0.39, 0.29) is 5.84 Å². The topological polar surface area (TPSA) is 74.7 Å². The monoisotopic (exact) mass is 290 g/mol. The van der Waals surface area contributed by atoms with E-state index in [1.165, 1.54) is 19.3 Å². The van der Waals surface area contributed by atoms with Crippen LogP contribution in [0, 0.1) is 11.3 Å². The maximum atomic E-state index is 8.66. The largest absolute Gasteiger partial charge is 0.409 e. The molecule has 5 heteroatoms. The summed E-state index contributed by atoms with van der Waals surface area (Å²) in [6.07, 6.45) is 5.52. The van der Waals surface area contributed by atoms with Gasteiger partial charge in [0.2, 0.25) is 0 Å². The average Bonchev–Trinajstić information content (AvgIpc) is 2.72. The maximum Gasteiger partial charge on any atom is 0.188 e. The molecule has 0 aromatic carbocycles. The third kappa shape index (κ3) is 3.86. The summed E-state index contributed by atoms with van der Waals surface area (Å²) in [5.41, 5.74) is 7.53. The molecule has 1 fully saturated rings. The molecule has 1 aliphatic rings. The van der Waals surface area contributed by atoms with Crippen molar-refractivity contribution in [2.45, 2.75) is 40.0 Å². The van der Waals surface area contributed by atoms with Crippen molar-refractivity contribution in [3.8, 4) is 0 Å². The van der Waals surface area contributed by atoms with Gasteiger partial charge in [-0.3, -0.25) is 4.98 Å². The zero-order valence-corrected chi connectivity index (χ0v) is 13.2. The first-order valence-corrected chi connectivity index (χ1v) is 7.60. The SMILES string of the molecule is CC(C)(C)C1CCCN(c2ccc(/C(N)=N/O)nc2)CC1. The molecule has 1 aliphatic heterocycles. The van der Waals surface area contributed by atoms with E-state index >= 15 is 0 Å². The molecule has 0 aliphatic carbocycles. The van der Waals surface area contributed by atoms with E-state index in [0.29, 0.717) is 11.1 Å². The van der Waals surface area contributed by atoms with Crippen LogP contribution in [0.5, 0.6) is 0 Å². The molecule has 0 saturated carbocycles. The van der Waals surface area contributed by atoms with Crippen molar-refractivity contribution in [1.29, 1.82) is 0 Å².